The lowest BCUT2D eigenvalue weighted by molar-refractivity contribution is -0.385. The molecule has 6 heteroatoms. The Labute approximate surface area is 111 Å². The Morgan fingerprint density at radius 1 is 1.42 bits per heavy atom. The van der Waals surface area contributed by atoms with Crippen LogP contribution in [0.25, 0.3) is 0 Å². The molecule has 0 spiro atoms. The van der Waals surface area contributed by atoms with Crippen molar-refractivity contribution < 1.29 is 14.4 Å². The van der Waals surface area contributed by atoms with Gasteiger partial charge in [-0.15, -0.1) is 0 Å². The Morgan fingerprint density at radius 2 is 2.16 bits per heavy atom. The van der Waals surface area contributed by atoms with Crippen molar-refractivity contribution in [3.63, 3.8) is 0 Å². The van der Waals surface area contributed by atoms with E-state index >= 15 is 0 Å². The smallest absolute Gasteiger partial charge is 0.314 e. The van der Waals surface area contributed by atoms with E-state index in [0.29, 0.717) is 18.3 Å². The number of nitrogens with one attached hydrogen (secondary N) is 1. The van der Waals surface area contributed by atoms with Crippen LogP contribution in [-0.2, 0) is 0 Å². The normalized spacial score (nSPS) is 16.1. The number of nitro groups is 1. The minimum atomic E-state index is -0.462. The van der Waals surface area contributed by atoms with Gasteiger partial charge in [0, 0.05) is 0 Å². The second-order valence-corrected chi connectivity index (χ2v) is 4.60. The zero-order chi connectivity index (χ0) is 13.7. The molecule has 1 aliphatic heterocycles. The maximum absolute atomic E-state index is 10.9. The summed E-state index contributed by atoms with van der Waals surface area (Å²) in [5.41, 5.74) is -0.0645. The van der Waals surface area contributed by atoms with Crippen LogP contribution in [0.4, 0.5) is 5.69 Å². The van der Waals surface area contributed by atoms with E-state index in [9.17, 15) is 10.1 Å². The van der Waals surface area contributed by atoms with Gasteiger partial charge in [0.1, 0.15) is 5.75 Å². The lowest BCUT2D eigenvalue weighted by Crippen LogP contribution is -2.30. The molecule has 1 heterocycles. The van der Waals surface area contributed by atoms with Crippen LogP contribution in [0, 0.1) is 16.0 Å². The molecule has 0 amide bonds. The molecule has 0 unspecified atom stereocenters. The van der Waals surface area contributed by atoms with Crippen LogP contribution in [-0.4, -0.2) is 31.7 Å². The van der Waals surface area contributed by atoms with Crippen LogP contribution in [0.5, 0.6) is 11.5 Å². The number of ether oxygens (including phenoxy) is 2. The number of nitrogens with zero attached hydrogens (tertiary/aromatic N) is 1. The van der Waals surface area contributed by atoms with Crippen molar-refractivity contribution in [1.82, 2.24) is 5.32 Å². The second-order valence-electron chi connectivity index (χ2n) is 4.60. The molecule has 0 atom stereocenters. The highest BCUT2D eigenvalue weighted by molar-refractivity contribution is 5.50. The van der Waals surface area contributed by atoms with Gasteiger partial charge in [0.15, 0.2) is 5.75 Å². The van der Waals surface area contributed by atoms with E-state index in [1.807, 2.05) is 0 Å². The molecule has 1 aliphatic rings. The maximum atomic E-state index is 10.9. The van der Waals surface area contributed by atoms with Gasteiger partial charge in [-0.25, -0.2) is 0 Å². The van der Waals surface area contributed by atoms with Gasteiger partial charge in [-0.05, 0) is 44.0 Å². The molecule has 1 saturated heterocycles. The van der Waals surface area contributed by atoms with Crippen LogP contribution in [0.3, 0.4) is 0 Å². The van der Waals surface area contributed by atoms with E-state index in [0.717, 1.165) is 25.9 Å². The van der Waals surface area contributed by atoms with Crippen LogP contribution in [0.15, 0.2) is 18.2 Å². The summed E-state index contributed by atoms with van der Waals surface area (Å²) in [5.74, 6) is 1.28. The van der Waals surface area contributed by atoms with Gasteiger partial charge in [-0.1, -0.05) is 0 Å². The molecule has 6 nitrogen and oxygen atoms in total. The average molecular weight is 266 g/mol. The molecule has 1 N–H and O–H groups in total. The summed E-state index contributed by atoms with van der Waals surface area (Å²) in [7, 11) is 1.41. The fourth-order valence-electron chi connectivity index (χ4n) is 2.16. The number of methoxy groups -OCH3 is 1. The molecule has 0 bridgehead atoms. The van der Waals surface area contributed by atoms with Gasteiger partial charge in [-0.3, -0.25) is 10.1 Å². The van der Waals surface area contributed by atoms with E-state index in [2.05, 4.69) is 5.32 Å². The zero-order valence-electron chi connectivity index (χ0n) is 10.9. The van der Waals surface area contributed by atoms with E-state index in [1.54, 1.807) is 12.1 Å². The standard InChI is InChI=1S/C13H18N2O4/c1-18-13-3-2-11(8-12(13)15(16)17)19-9-10-4-6-14-7-5-10/h2-3,8,10,14H,4-7,9H2,1H3. The molecule has 0 saturated carbocycles. The van der Waals surface area contributed by atoms with Crippen LogP contribution >= 0.6 is 0 Å². The first kappa shape index (κ1) is 13.6. The molecule has 0 aliphatic carbocycles. The number of piperidine rings is 1. The van der Waals surface area contributed by atoms with Crippen LogP contribution in [0.1, 0.15) is 12.8 Å². The van der Waals surface area contributed by atoms with Gasteiger partial charge >= 0.3 is 5.69 Å². The maximum Gasteiger partial charge on any atom is 0.314 e. The quantitative estimate of drug-likeness (QED) is 0.651. The first-order chi connectivity index (χ1) is 9.20. The third-order valence-corrected chi connectivity index (χ3v) is 3.29. The highest BCUT2D eigenvalue weighted by atomic mass is 16.6. The van der Waals surface area contributed by atoms with Crippen molar-refractivity contribution in [1.29, 1.82) is 0 Å². The molecule has 2 rings (SSSR count). The Balaban J connectivity index is 2.00. The topological polar surface area (TPSA) is 73.6 Å². The Morgan fingerprint density at radius 3 is 2.79 bits per heavy atom. The molecular weight excluding hydrogens is 248 g/mol. The molecule has 1 fully saturated rings. The van der Waals surface area contributed by atoms with Gasteiger partial charge in [0.2, 0.25) is 0 Å². The minimum Gasteiger partial charge on any atom is -0.493 e. The molecule has 19 heavy (non-hydrogen) atoms. The average Bonchev–Trinajstić information content (AvgIpc) is 2.46. The fourth-order valence-corrected chi connectivity index (χ4v) is 2.16. The summed E-state index contributed by atoms with van der Waals surface area (Å²) in [6, 6.07) is 4.68. The molecule has 1 aromatic carbocycles. The SMILES string of the molecule is COc1ccc(OCC2CCNCC2)cc1[N+](=O)[O-]. The predicted octanol–water partition coefficient (Wildman–Crippen LogP) is 1.98. The number of benzene rings is 1. The van der Waals surface area contributed by atoms with E-state index < -0.39 is 4.92 Å². The fraction of sp³-hybridized carbons (Fsp3) is 0.538. The van der Waals surface area contributed by atoms with E-state index in [1.165, 1.54) is 13.2 Å². The van der Waals surface area contributed by atoms with Crippen molar-refractivity contribution >= 4 is 5.69 Å². The molecule has 0 radical (unpaired) electrons. The van der Waals surface area contributed by atoms with Crippen molar-refractivity contribution in [2.45, 2.75) is 12.8 Å². The third-order valence-electron chi connectivity index (χ3n) is 3.29. The van der Waals surface area contributed by atoms with Crippen molar-refractivity contribution in [2.24, 2.45) is 5.92 Å². The Bertz CT molecular complexity index is 444. The molecular formula is C13H18N2O4. The van der Waals surface area contributed by atoms with Crippen molar-refractivity contribution in [2.75, 3.05) is 26.8 Å². The van der Waals surface area contributed by atoms with Crippen molar-refractivity contribution in [3.05, 3.63) is 28.3 Å². The molecule has 1 aromatic rings. The Kier molecular flexibility index (Phi) is 4.57. The minimum absolute atomic E-state index is 0.0645. The first-order valence-corrected chi connectivity index (χ1v) is 6.36. The highest BCUT2D eigenvalue weighted by Gasteiger charge is 2.17. The van der Waals surface area contributed by atoms with Gasteiger partial charge in [0.25, 0.3) is 0 Å². The van der Waals surface area contributed by atoms with Gasteiger partial charge < -0.3 is 14.8 Å². The number of hydrogen-bond donors (Lipinski definition) is 1. The van der Waals surface area contributed by atoms with E-state index in [-0.39, 0.29) is 11.4 Å². The van der Waals surface area contributed by atoms with Gasteiger partial charge in [-0.2, -0.15) is 0 Å². The number of rotatable bonds is 5. The zero-order valence-corrected chi connectivity index (χ0v) is 10.9. The first-order valence-electron chi connectivity index (χ1n) is 6.36. The van der Waals surface area contributed by atoms with Crippen LogP contribution < -0.4 is 14.8 Å². The predicted molar refractivity (Wildman–Crippen MR) is 70.7 cm³/mol. The summed E-state index contributed by atoms with van der Waals surface area (Å²) in [5, 5.41) is 14.2. The lowest BCUT2D eigenvalue weighted by atomic mass is 9.99. The monoisotopic (exact) mass is 266 g/mol. The summed E-state index contributed by atoms with van der Waals surface area (Å²) in [6.45, 7) is 2.62. The molecule has 104 valence electrons. The van der Waals surface area contributed by atoms with Crippen LogP contribution in [0.2, 0.25) is 0 Å². The largest absolute Gasteiger partial charge is 0.493 e. The molecule has 0 aromatic heterocycles. The lowest BCUT2D eigenvalue weighted by Gasteiger charge is -2.22. The third kappa shape index (κ3) is 3.57. The highest BCUT2D eigenvalue weighted by Crippen LogP contribution is 2.31. The van der Waals surface area contributed by atoms with Gasteiger partial charge in [0.05, 0.1) is 24.7 Å². The Hall–Kier alpha value is -1.82. The summed E-state index contributed by atoms with van der Waals surface area (Å²) < 4.78 is 10.6. The summed E-state index contributed by atoms with van der Waals surface area (Å²) in [6.07, 6.45) is 2.16. The van der Waals surface area contributed by atoms with E-state index in [4.69, 9.17) is 9.47 Å². The number of hydrogen-bond acceptors (Lipinski definition) is 5. The second kappa shape index (κ2) is 6.38. The number of nitro benzene ring substituents is 1. The summed E-state index contributed by atoms with van der Waals surface area (Å²) >= 11 is 0. The van der Waals surface area contributed by atoms with Crippen molar-refractivity contribution in [3.8, 4) is 11.5 Å². The summed E-state index contributed by atoms with van der Waals surface area (Å²) in [4.78, 5) is 10.4.